The van der Waals surface area contributed by atoms with E-state index in [0.717, 1.165) is 5.56 Å². The van der Waals surface area contributed by atoms with E-state index >= 15 is 0 Å². The van der Waals surface area contributed by atoms with Gasteiger partial charge in [0.05, 0.1) is 0 Å². The van der Waals surface area contributed by atoms with E-state index in [1.54, 1.807) is 36.4 Å². The van der Waals surface area contributed by atoms with Crippen molar-refractivity contribution in [1.82, 2.24) is 0 Å². The van der Waals surface area contributed by atoms with Gasteiger partial charge in [-0.25, -0.2) is 4.79 Å². The Morgan fingerprint density at radius 3 is 2.65 bits per heavy atom. The van der Waals surface area contributed by atoms with E-state index in [2.05, 4.69) is 6.58 Å². The lowest BCUT2D eigenvalue weighted by Gasteiger charge is -2.10. The number of phenols is 1. The number of aromatic hydroxyl groups is 1. The molecule has 0 bridgehead atoms. The summed E-state index contributed by atoms with van der Waals surface area (Å²) in [6.07, 6.45) is 2.24. The fraction of sp³-hybridized carbons (Fsp3) is 0.0625. The van der Waals surface area contributed by atoms with Gasteiger partial charge in [-0.05, 0) is 30.2 Å². The number of benzene rings is 2. The first kappa shape index (κ1) is 13.7. The van der Waals surface area contributed by atoms with Crippen LogP contribution in [0.2, 0.25) is 0 Å². The van der Waals surface area contributed by atoms with Crippen molar-refractivity contribution in [1.29, 1.82) is 0 Å². The van der Waals surface area contributed by atoms with Crippen molar-refractivity contribution in [2.75, 3.05) is 0 Å². The molecule has 2 N–H and O–H groups in total. The average molecular weight is 270 g/mol. The molecule has 0 amide bonds. The minimum atomic E-state index is -1.06. The van der Waals surface area contributed by atoms with Crippen molar-refractivity contribution >= 4 is 5.97 Å². The third-order valence-corrected chi connectivity index (χ3v) is 2.77. The molecule has 0 radical (unpaired) electrons. The standard InChI is InChI=1S/C16H14O4/c1-2-5-11-8-9-12(10-14(11)17)20-15-7-4-3-6-13(15)16(18)19/h2-4,6-10,17H,1,5H2,(H,18,19). The molecule has 0 saturated heterocycles. The Labute approximate surface area is 116 Å². The average Bonchev–Trinajstić information content (AvgIpc) is 2.42. The Hall–Kier alpha value is -2.75. The Kier molecular flexibility index (Phi) is 4.05. The van der Waals surface area contributed by atoms with Gasteiger partial charge in [-0.15, -0.1) is 6.58 Å². The Bertz CT molecular complexity index is 647. The number of rotatable bonds is 5. The number of phenolic OH excluding ortho intramolecular Hbond substituents is 1. The van der Waals surface area contributed by atoms with Crippen molar-refractivity contribution in [3.8, 4) is 17.2 Å². The predicted octanol–water partition coefficient (Wildman–Crippen LogP) is 3.61. The maximum atomic E-state index is 11.1. The van der Waals surface area contributed by atoms with Crippen molar-refractivity contribution in [2.24, 2.45) is 0 Å². The molecule has 0 unspecified atom stereocenters. The minimum Gasteiger partial charge on any atom is -0.508 e. The van der Waals surface area contributed by atoms with Crippen molar-refractivity contribution < 1.29 is 19.7 Å². The van der Waals surface area contributed by atoms with Crippen molar-refractivity contribution in [3.05, 3.63) is 66.2 Å². The first-order valence-electron chi connectivity index (χ1n) is 6.05. The molecular weight excluding hydrogens is 256 g/mol. The molecule has 0 atom stereocenters. The fourth-order valence-corrected chi connectivity index (χ4v) is 1.79. The maximum Gasteiger partial charge on any atom is 0.339 e. The number of para-hydroxylation sites is 1. The zero-order valence-electron chi connectivity index (χ0n) is 10.7. The SMILES string of the molecule is C=CCc1ccc(Oc2ccccc2C(=O)O)cc1O. The van der Waals surface area contributed by atoms with Crippen LogP contribution in [-0.2, 0) is 6.42 Å². The van der Waals surface area contributed by atoms with Crippen LogP contribution in [0, 0.1) is 0 Å². The third kappa shape index (κ3) is 2.98. The number of carbonyl (C=O) groups is 1. The van der Waals surface area contributed by atoms with Crippen LogP contribution < -0.4 is 4.74 Å². The van der Waals surface area contributed by atoms with Crippen LogP contribution in [0.5, 0.6) is 17.2 Å². The van der Waals surface area contributed by atoms with E-state index in [9.17, 15) is 9.90 Å². The lowest BCUT2D eigenvalue weighted by atomic mass is 10.1. The van der Waals surface area contributed by atoms with Gasteiger partial charge in [-0.2, -0.15) is 0 Å². The highest BCUT2D eigenvalue weighted by atomic mass is 16.5. The summed E-state index contributed by atoms with van der Waals surface area (Å²) in [6.45, 7) is 3.61. The van der Waals surface area contributed by atoms with Gasteiger partial charge in [-0.1, -0.05) is 24.3 Å². The van der Waals surface area contributed by atoms with Crippen LogP contribution in [0.25, 0.3) is 0 Å². The van der Waals surface area contributed by atoms with Crippen molar-refractivity contribution in [2.45, 2.75) is 6.42 Å². The first-order valence-corrected chi connectivity index (χ1v) is 6.05. The molecule has 0 heterocycles. The van der Waals surface area contributed by atoms with Crippen molar-refractivity contribution in [3.63, 3.8) is 0 Å². The van der Waals surface area contributed by atoms with E-state index < -0.39 is 5.97 Å². The molecule has 0 aliphatic heterocycles. The summed E-state index contributed by atoms with van der Waals surface area (Å²) in [5.74, 6) is -0.358. The van der Waals surface area contributed by atoms with Crippen LogP contribution in [0.15, 0.2) is 55.1 Å². The number of hydrogen-bond donors (Lipinski definition) is 2. The Morgan fingerprint density at radius 2 is 2.00 bits per heavy atom. The quantitative estimate of drug-likeness (QED) is 0.814. The van der Waals surface area contributed by atoms with Gasteiger partial charge in [0.25, 0.3) is 0 Å². The molecule has 0 spiro atoms. The first-order chi connectivity index (χ1) is 9.61. The second-order valence-electron chi connectivity index (χ2n) is 4.19. The van der Waals surface area contributed by atoms with Gasteiger partial charge < -0.3 is 14.9 Å². The molecule has 0 aliphatic carbocycles. The van der Waals surface area contributed by atoms with Gasteiger partial charge in [0.2, 0.25) is 0 Å². The number of allylic oxidation sites excluding steroid dienone is 1. The van der Waals surface area contributed by atoms with Crippen LogP contribution in [0.1, 0.15) is 15.9 Å². The molecular formula is C16H14O4. The lowest BCUT2D eigenvalue weighted by Crippen LogP contribution is -1.99. The van der Waals surface area contributed by atoms with Crippen LogP contribution in [0.4, 0.5) is 0 Å². The monoisotopic (exact) mass is 270 g/mol. The summed E-state index contributed by atoms with van der Waals surface area (Å²) in [6, 6.07) is 11.2. The van der Waals surface area contributed by atoms with E-state index in [0.29, 0.717) is 12.2 Å². The number of carboxylic acid groups (broad SMARTS) is 1. The fourth-order valence-electron chi connectivity index (χ4n) is 1.79. The molecule has 2 aromatic rings. The van der Waals surface area contributed by atoms with Crippen LogP contribution in [0.3, 0.4) is 0 Å². The number of aromatic carboxylic acids is 1. The summed E-state index contributed by atoms with van der Waals surface area (Å²) in [7, 11) is 0. The number of ether oxygens (including phenoxy) is 1. The number of hydrogen-bond acceptors (Lipinski definition) is 3. The lowest BCUT2D eigenvalue weighted by molar-refractivity contribution is 0.0694. The molecule has 0 fully saturated rings. The number of carboxylic acids is 1. The highest BCUT2D eigenvalue weighted by molar-refractivity contribution is 5.90. The topological polar surface area (TPSA) is 66.8 Å². The largest absolute Gasteiger partial charge is 0.508 e. The van der Waals surface area contributed by atoms with Crippen LogP contribution >= 0.6 is 0 Å². The second-order valence-corrected chi connectivity index (χ2v) is 4.19. The van der Waals surface area contributed by atoms with Gasteiger partial charge in [0.15, 0.2) is 0 Å². The molecule has 2 aromatic carbocycles. The second kappa shape index (κ2) is 5.93. The highest BCUT2D eigenvalue weighted by Gasteiger charge is 2.11. The molecule has 20 heavy (non-hydrogen) atoms. The van der Waals surface area contributed by atoms with Gasteiger partial charge in [-0.3, -0.25) is 0 Å². The van der Waals surface area contributed by atoms with Crippen LogP contribution in [-0.4, -0.2) is 16.2 Å². The normalized spacial score (nSPS) is 10.0. The highest BCUT2D eigenvalue weighted by Crippen LogP contribution is 2.29. The molecule has 0 saturated carbocycles. The van der Waals surface area contributed by atoms with E-state index in [1.165, 1.54) is 12.1 Å². The summed E-state index contributed by atoms with van der Waals surface area (Å²) in [5.41, 5.74) is 0.807. The van der Waals surface area contributed by atoms with Gasteiger partial charge in [0.1, 0.15) is 22.8 Å². The maximum absolute atomic E-state index is 11.1. The van der Waals surface area contributed by atoms with Gasteiger partial charge in [0, 0.05) is 6.07 Å². The summed E-state index contributed by atoms with van der Waals surface area (Å²) in [5, 5.41) is 18.9. The Balaban J connectivity index is 2.29. The Morgan fingerprint density at radius 1 is 1.25 bits per heavy atom. The zero-order valence-corrected chi connectivity index (χ0v) is 10.7. The molecule has 0 aliphatic rings. The smallest absolute Gasteiger partial charge is 0.339 e. The van der Waals surface area contributed by atoms with Gasteiger partial charge >= 0.3 is 5.97 Å². The third-order valence-electron chi connectivity index (χ3n) is 2.77. The van der Waals surface area contributed by atoms with E-state index in [4.69, 9.17) is 9.84 Å². The predicted molar refractivity (Wildman–Crippen MR) is 75.5 cm³/mol. The molecule has 0 aromatic heterocycles. The summed E-state index contributed by atoms with van der Waals surface area (Å²) >= 11 is 0. The molecule has 102 valence electrons. The summed E-state index contributed by atoms with van der Waals surface area (Å²) < 4.78 is 5.52. The molecule has 4 heteroatoms. The minimum absolute atomic E-state index is 0.0714. The molecule has 4 nitrogen and oxygen atoms in total. The molecule has 2 rings (SSSR count). The van der Waals surface area contributed by atoms with E-state index in [-0.39, 0.29) is 17.1 Å². The zero-order chi connectivity index (χ0) is 14.5. The summed E-state index contributed by atoms with van der Waals surface area (Å²) in [4.78, 5) is 11.1. The van der Waals surface area contributed by atoms with E-state index in [1.807, 2.05) is 0 Å².